The van der Waals surface area contributed by atoms with Crippen molar-refractivity contribution in [1.29, 1.82) is 0 Å². The number of carbonyl (C=O) groups is 1. The van der Waals surface area contributed by atoms with Crippen LogP contribution in [0.2, 0.25) is 0 Å². The van der Waals surface area contributed by atoms with Gasteiger partial charge in [-0.05, 0) is 37.3 Å². The SMILES string of the molecule is Cc1ccc(NCC(=O)N/N=C2\CCSc3ccc(F)cc32)cc1. The van der Waals surface area contributed by atoms with Crippen molar-refractivity contribution in [3.63, 3.8) is 0 Å². The Hall–Kier alpha value is -2.34. The summed E-state index contributed by atoms with van der Waals surface area (Å²) >= 11 is 1.67. The number of benzene rings is 2. The molecule has 4 nitrogen and oxygen atoms in total. The summed E-state index contributed by atoms with van der Waals surface area (Å²) < 4.78 is 13.4. The normalized spacial score (nSPS) is 15.0. The van der Waals surface area contributed by atoms with Crippen LogP contribution in [0.15, 0.2) is 52.5 Å². The first-order chi connectivity index (χ1) is 11.6. The predicted octanol–water partition coefficient (Wildman–Crippen LogP) is 3.56. The maximum Gasteiger partial charge on any atom is 0.259 e. The van der Waals surface area contributed by atoms with E-state index < -0.39 is 0 Å². The molecule has 0 fully saturated rings. The Morgan fingerprint density at radius 1 is 1.25 bits per heavy atom. The van der Waals surface area contributed by atoms with Crippen LogP contribution in [-0.4, -0.2) is 23.9 Å². The van der Waals surface area contributed by atoms with Gasteiger partial charge < -0.3 is 5.32 Å². The number of amides is 1. The van der Waals surface area contributed by atoms with E-state index >= 15 is 0 Å². The van der Waals surface area contributed by atoms with Crippen molar-refractivity contribution in [2.24, 2.45) is 5.10 Å². The van der Waals surface area contributed by atoms with E-state index in [2.05, 4.69) is 15.8 Å². The zero-order valence-corrected chi connectivity index (χ0v) is 14.1. The van der Waals surface area contributed by atoms with Crippen LogP contribution < -0.4 is 10.7 Å². The van der Waals surface area contributed by atoms with Crippen molar-refractivity contribution in [2.45, 2.75) is 18.2 Å². The lowest BCUT2D eigenvalue weighted by atomic mass is 10.1. The lowest BCUT2D eigenvalue weighted by Gasteiger charge is -2.17. The van der Waals surface area contributed by atoms with Gasteiger partial charge in [0.2, 0.25) is 0 Å². The number of hydrazone groups is 1. The zero-order valence-electron chi connectivity index (χ0n) is 13.3. The van der Waals surface area contributed by atoms with Crippen molar-refractivity contribution in [3.8, 4) is 0 Å². The van der Waals surface area contributed by atoms with Crippen molar-refractivity contribution in [2.75, 3.05) is 17.6 Å². The Kier molecular flexibility index (Phi) is 5.15. The monoisotopic (exact) mass is 343 g/mol. The molecule has 2 aromatic rings. The van der Waals surface area contributed by atoms with Gasteiger partial charge in [-0.25, -0.2) is 9.82 Å². The Balaban J connectivity index is 1.61. The molecule has 24 heavy (non-hydrogen) atoms. The molecule has 0 atom stereocenters. The minimum absolute atomic E-state index is 0.130. The molecule has 0 spiro atoms. The summed E-state index contributed by atoms with van der Waals surface area (Å²) in [6.45, 7) is 2.14. The van der Waals surface area contributed by atoms with Gasteiger partial charge in [-0.3, -0.25) is 4.79 Å². The minimum atomic E-state index is -0.295. The molecule has 2 aromatic carbocycles. The van der Waals surface area contributed by atoms with E-state index in [1.807, 2.05) is 31.2 Å². The minimum Gasteiger partial charge on any atom is -0.376 e. The second kappa shape index (κ2) is 7.49. The fraction of sp³-hybridized carbons (Fsp3) is 0.222. The number of anilines is 1. The quantitative estimate of drug-likeness (QED) is 0.835. The molecule has 0 aromatic heterocycles. The molecule has 1 heterocycles. The van der Waals surface area contributed by atoms with Crippen LogP contribution in [-0.2, 0) is 4.79 Å². The highest BCUT2D eigenvalue weighted by atomic mass is 32.2. The molecule has 1 aliphatic rings. The van der Waals surface area contributed by atoms with Gasteiger partial charge in [0, 0.05) is 28.3 Å². The highest BCUT2D eigenvalue weighted by Crippen LogP contribution is 2.30. The third kappa shape index (κ3) is 4.14. The number of fused-ring (bicyclic) bond motifs is 1. The molecule has 1 amide bonds. The second-order valence-electron chi connectivity index (χ2n) is 5.55. The molecule has 0 saturated carbocycles. The van der Waals surface area contributed by atoms with Crippen molar-refractivity contribution >= 4 is 29.1 Å². The highest BCUT2D eigenvalue weighted by Gasteiger charge is 2.17. The summed E-state index contributed by atoms with van der Waals surface area (Å²) in [6.07, 6.45) is 0.701. The van der Waals surface area contributed by atoms with E-state index in [1.165, 1.54) is 12.1 Å². The number of nitrogens with zero attached hydrogens (tertiary/aromatic N) is 1. The average molecular weight is 343 g/mol. The topological polar surface area (TPSA) is 53.5 Å². The number of hydrogen-bond acceptors (Lipinski definition) is 4. The Bertz CT molecular complexity index is 774. The van der Waals surface area contributed by atoms with E-state index in [9.17, 15) is 9.18 Å². The molecular weight excluding hydrogens is 325 g/mol. The highest BCUT2D eigenvalue weighted by molar-refractivity contribution is 7.99. The van der Waals surface area contributed by atoms with Crippen LogP contribution in [0.25, 0.3) is 0 Å². The summed E-state index contributed by atoms with van der Waals surface area (Å²) in [6, 6.07) is 12.5. The van der Waals surface area contributed by atoms with E-state index in [4.69, 9.17) is 0 Å². The molecule has 3 rings (SSSR count). The maximum absolute atomic E-state index is 13.4. The summed E-state index contributed by atoms with van der Waals surface area (Å²) in [4.78, 5) is 12.9. The van der Waals surface area contributed by atoms with Crippen LogP contribution in [0.3, 0.4) is 0 Å². The van der Waals surface area contributed by atoms with Crippen LogP contribution >= 0.6 is 11.8 Å². The summed E-state index contributed by atoms with van der Waals surface area (Å²) in [5, 5.41) is 7.23. The first-order valence-electron chi connectivity index (χ1n) is 7.70. The van der Waals surface area contributed by atoms with Crippen LogP contribution in [0.5, 0.6) is 0 Å². The first-order valence-corrected chi connectivity index (χ1v) is 8.69. The van der Waals surface area contributed by atoms with Gasteiger partial charge in [0.05, 0.1) is 12.3 Å². The third-order valence-corrected chi connectivity index (χ3v) is 4.74. The van der Waals surface area contributed by atoms with E-state index in [0.717, 1.165) is 27.5 Å². The molecule has 0 bridgehead atoms. The van der Waals surface area contributed by atoms with Crippen LogP contribution in [0.4, 0.5) is 10.1 Å². The summed E-state index contributed by atoms with van der Waals surface area (Å²) in [5.74, 6) is 0.338. The number of halogens is 1. The summed E-state index contributed by atoms with van der Waals surface area (Å²) in [7, 11) is 0. The lowest BCUT2D eigenvalue weighted by Crippen LogP contribution is -2.27. The number of carbonyl (C=O) groups excluding carboxylic acids is 1. The molecule has 2 N–H and O–H groups in total. The third-order valence-electron chi connectivity index (χ3n) is 3.67. The predicted molar refractivity (Wildman–Crippen MR) is 96.1 cm³/mol. The van der Waals surface area contributed by atoms with Gasteiger partial charge in [-0.1, -0.05) is 17.7 Å². The Morgan fingerprint density at radius 3 is 2.83 bits per heavy atom. The van der Waals surface area contributed by atoms with Crippen LogP contribution in [0.1, 0.15) is 17.5 Å². The van der Waals surface area contributed by atoms with Gasteiger partial charge in [0.1, 0.15) is 5.82 Å². The Labute approximate surface area is 144 Å². The molecule has 1 aliphatic heterocycles. The van der Waals surface area contributed by atoms with E-state index in [-0.39, 0.29) is 18.3 Å². The van der Waals surface area contributed by atoms with Crippen molar-refractivity contribution in [3.05, 3.63) is 59.4 Å². The Morgan fingerprint density at radius 2 is 2.04 bits per heavy atom. The summed E-state index contributed by atoms with van der Waals surface area (Å²) in [5.41, 5.74) is 6.07. The van der Waals surface area contributed by atoms with Gasteiger partial charge in [-0.15, -0.1) is 11.8 Å². The molecule has 0 saturated heterocycles. The van der Waals surface area contributed by atoms with Gasteiger partial charge in [0.25, 0.3) is 5.91 Å². The molecule has 0 radical (unpaired) electrons. The van der Waals surface area contributed by atoms with Crippen LogP contribution in [0, 0.1) is 12.7 Å². The second-order valence-corrected chi connectivity index (χ2v) is 6.69. The smallest absolute Gasteiger partial charge is 0.259 e. The molecule has 0 unspecified atom stereocenters. The zero-order chi connectivity index (χ0) is 16.9. The van der Waals surface area contributed by atoms with Crippen molar-refractivity contribution < 1.29 is 9.18 Å². The maximum atomic E-state index is 13.4. The molecule has 6 heteroatoms. The lowest BCUT2D eigenvalue weighted by molar-refractivity contribution is -0.119. The van der Waals surface area contributed by atoms with Gasteiger partial charge in [-0.2, -0.15) is 5.10 Å². The number of rotatable bonds is 4. The fourth-order valence-corrected chi connectivity index (χ4v) is 3.40. The standard InChI is InChI=1S/C18H18FN3OS/c1-12-2-5-14(6-3-12)20-11-18(23)22-21-16-8-9-24-17-7-4-13(19)10-15(16)17/h2-7,10,20H,8-9,11H2,1H3,(H,22,23)/b21-16+. The molecule has 0 aliphatic carbocycles. The largest absolute Gasteiger partial charge is 0.376 e. The number of thioether (sulfide) groups is 1. The number of aryl methyl sites for hydroxylation is 1. The molecule has 124 valence electrons. The van der Waals surface area contributed by atoms with E-state index in [1.54, 1.807) is 17.8 Å². The van der Waals surface area contributed by atoms with Crippen molar-refractivity contribution in [1.82, 2.24) is 5.43 Å². The number of nitrogens with one attached hydrogen (secondary N) is 2. The fourth-order valence-electron chi connectivity index (χ4n) is 2.39. The van der Waals surface area contributed by atoms with E-state index in [0.29, 0.717) is 12.1 Å². The number of hydrogen-bond donors (Lipinski definition) is 2. The molecular formula is C18H18FN3OS. The first kappa shape index (κ1) is 16.5. The average Bonchev–Trinajstić information content (AvgIpc) is 2.59. The van der Waals surface area contributed by atoms with Gasteiger partial charge >= 0.3 is 0 Å². The van der Waals surface area contributed by atoms with Gasteiger partial charge in [0.15, 0.2) is 0 Å².